The van der Waals surface area contributed by atoms with Crippen LogP contribution in [0.15, 0.2) is 0 Å². The molecule has 15 heavy (non-hydrogen) atoms. The van der Waals surface area contributed by atoms with Gasteiger partial charge in [-0.2, -0.15) is 0 Å². The molecule has 2 rings (SSSR count). The summed E-state index contributed by atoms with van der Waals surface area (Å²) < 4.78 is 0. The fourth-order valence-electron chi connectivity index (χ4n) is 3.24. The average molecular weight is 210 g/mol. The summed E-state index contributed by atoms with van der Waals surface area (Å²) in [6.45, 7) is 10.9. The molecule has 0 aromatic rings. The third-order valence-corrected chi connectivity index (χ3v) is 4.58. The van der Waals surface area contributed by atoms with Crippen LogP contribution < -0.4 is 5.32 Å². The number of likely N-dealkylation sites (tertiary alicyclic amines) is 1. The molecule has 2 heteroatoms. The van der Waals surface area contributed by atoms with Crippen LogP contribution in [0.25, 0.3) is 0 Å². The number of nitrogens with zero attached hydrogens (tertiary/aromatic N) is 1. The summed E-state index contributed by atoms with van der Waals surface area (Å²) in [5.74, 6) is 0. The van der Waals surface area contributed by atoms with Gasteiger partial charge in [0.2, 0.25) is 0 Å². The first-order valence-electron chi connectivity index (χ1n) is 6.58. The molecule has 2 heterocycles. The van der Waals surface area contributed by atoms with E-state index in [0.717, 1.165) is 0 Å². The standard InChI is InChI=1S/C13H26N2/c1-4-13(8-5-9-14-13)11-15-10-6-7-12(15,2)3/h14H,4-11H2,1-3H3. The van der Waals surface area contributed by atoms with Crippen molar-refractivity contribution >= 4 is 0 Å². The first-order valence-corrected chi connectivity index (χ1v) is 6.58. The van der Waals surface area contributed by atoms with E-state index in [-0.39, 0.29) is 0 Å². The van der Waals surface area contributed by atoms with Gasteiger partial charge >= 0.3 is 0 Å². The van der Waals surface area contributed by atoms with Crippen LogP contribution in [-0.4, -0.2) is 35.6 Å². The molecule has 0 aliphatic carbocycles. The molecule has 2 saturated heterocycles. The van der Waals surface area contributed by atoms with Crippen molar-refractivity contribution in [1.82, 2.24) is 10.2 Å². The second-order valence-electron chi connectivity index (χ2n) is 6.00. The summed E-state index contributed by atoms with van der Waals surface area (Å²) in [5, 5.41) is 3.74. The van der Waals surface area contributed by atoms with Crippen LogP contribution in [0.4, 0.5) is 0 Å². The maximum absolute atomic E-state index is 3.74. The summed E-state index contributed by atoms with van der Waals surface area (Å²) in [7, 11) is 0. The van der Waals surface area contributed by atoms with Crippen molar-refractivity contribution in [2.45, 2.75) is 64.0 Å². The number of hydrogen-bond acceptors (Lipinski definition) is 2. The fraction of sp³-hybridized carbons (Fsp3) is 1.00. The Labute approximate surface area is 94.4 Å². The molecule has 2 aliphatic heterocycles. The van der Waals surface area contributed by atoms with Crippen molar-refractivity contribution in [2.75, 3.05) is 19.6 Å². The van der Waals surface area contributed by atoms with Gasteiger partial charge in [0.1, 0.15) is 0 Å². The molecule has 1 atom stereocenters. The molecule has 0 radical (unpaired) electrons. The molecule has 2 nitrogen and oxygen atoms in total. The Bertz CT molecular complexity index is 217. The predicted octanol–water partition coefficient (Wildman–Crippen LogP) is 2.39. The molecule has 0 aromatic heterocycles. The minimum Gasteiger partial charge on any atom is -0.310 e. The first kappa shape index (κ1) is 11.4. The zero-order valence-electron chi connectivity index (χ0n) is 10.6. The summed E-state index contributed by atoms with van der Waals surface area (Å²) in [4.78, 5) is 2.70. The van der Waals surface area contributed by atoms with E-state index in [0.29, 0.717) is 11.1 Å². The van der Waals surface area contributed by atoms with Crippen LogP contribution >= 0.6 is 0 Å². The molecule has 2 fully saturated rings. The highest BCUT2D eigenvalue weighted by Gasteiger charge is 2.39. The lowest BCUT2D eigenvalue weighted by molar-refractivity contribution is 0.123. The molecular formula is C13H26N2. The molecule has 0 amide bonds. The summed E-state index contributed by atoms with van der Waals surface area (Å²) in [6.07, 6.45) is 6.76. The molecule has 0 spiro atoms. The number of hydrogen-bond donors (Lipinski definition) is 1. The van der Waals surface area contributed by atoms with Gasteiger partial charge in [0.05, 0.1) is 0 Å². The molecular weight excluding hydrogens is 184 g/mol. The highest BCUT2D eigenvalue weighted by molar-refractivity contribution is 4.99. The largest absolute Gasteiger partial charge is 0.310 e. The van der Waals surface area contributed by atoms with Crippen LogP contribution in [0.2, 0.25) is 0 Å². The normalized spacial score (nSPS) is 36.2. The Balaban J connectivity index is 2.00. The first-order chi connectivity index (χ1) is 7.08. The van der Waals surface area contributed by atoms with Gasteiger partial charge in [-0.05, 0) is 59.0 Å². The SMILES string of the molecule is CCC1(CN2CCCC2(C)C)CCCN1. The van der Waals surface area contributed by atoms with E-state index >= 15 is 0 Å². The monoisotopic (exact) mass is 210 g/mol. The Morgan fingerprint density at radius 1 is 1.20 bits per heavy atom. The van der Waals surface area contributed by atoms with Crippen molar-refractivity contribution in [3.05, 3.63) is 0 Å². The van der Waals surface area contributed by atoms with Gasteiger partial charge in [0.15, 0.2) is 0 Å². The van der Waals surface area contributed by atoms with Crippen molar-refractivity contribution in [3.8, 4) is 0 Å². The summed E-state index contributed by atoms with van der Waals surface area (Å²) >= 11 is 0. The summed E-state index contributed by atoms with van der Waals surface area (Å²) in [5.41, 5.74) is 0.869. The number of rotatable bonds is 3. The van der Waals surface area contributed by atoms with Gasteiger partial charge in [-0.25, -0.2) is 0 Å². The van der Waals surface area contributed by atoms with Crippen LogP contribution in [0.5, 0.6) is 0 Å². The highest BCUT2D eigenvalue weighted by atomic mass is 15.2. The van der Waals surface area contributed by atoms with Gasteiger partial charge in [0, 0.05) is 17.6 Å². The van der Waals surface area contributed by atoms with E-state index in [9.17, 15) is 0 Å². The zero-order chi connectivity index (χ0) is 10.9. The third kappa shape index (κ3) is 2.21. The van der Waals surface area contributed by atoms with E-state index in [1.165, 1.54) is 51.7 Å². The topological polar surface area (TPSA) is 15.3 Å². The molecule has 1 N–H and O–H groups in total. The van der Waals surface area contributed by atoms with Gasteiger partial charge < -0.3 is 5.32 Å². The lowest BCUT2D eigenvalue weighted by Crippen LogP contribution is -2.53. The quantitative estimate of drug-likeness (QED) is 0.769. The smallest absolute Gasteiger partial charge is 0.0306 e. The maximum atomic E-state index is 3.74. The van der Waals surface area contributed by atoms with Crippen molar-refractivity contribution in [3.63, 3.8) is 0 Å². The zero-order valence-corrected chi connectivity index (χ0v) is 10.6. The van der Waals surface area contributed by atoms with Crippen molar-refractivity contribution < 1.29 is 0 Å². The summed E-state index contributed by atoms with van der Waals surface area (Å²) in [6, 6.07) is 0. The number of nitrogens with one attached hydrogen (secondary N) is 1. The average Bonchev–Trinajstić information content (AvgIpc) is 2.76. The lowest BCUT2D eigenvalue weighted by atomic mass is 9.91. The predicted molar refractivity (Wildman–Crippen MR) is 65.1 cm³/mol. The molecule has 1 unspecified atom stereocenters. The van der Waals surface area contributed by atoms with Crippen LogP contribution in [0.3, 0.4) is 0 Å². The molecule has 88 valence electrons. The third-order valence-electron chi connectivity index (χ3n) is 4.58. The highest BCUT2D eigenvalue weighted by Crippen LogP contribution is 2.33. The minimum atomic E-state index is 0.432. The Morgan fingerprint density at radius 2 is 2.00 bits per heavy atom. The van der Waals surface area contributed by atoms with Gasteiger partial charge in [-0.3, -0.25) is 4.90 Å². The Hall–Kier alpha value is -0.0800. The van der Waals surface area contributed by atoms with Crippen LogP contribution in [0.1, 0.15) is 52.9 Å². The van der Waals surface area contributed by atoms with E-state index in [2.05, 4.69) is 31.0 Å². The van der Waals surface area contributed by atoms with Crippen LogP contribution in [0, 0.1) is 0 Å². The van der Waals surface area contributed by atoms with Gasteiger partial charge in [-0.1, -0.05) is 6.92 Å². The second kappa shape index (κ2) is 4.06. The molecule has 0 aromatic carbocycles. The molecule has 0 bridgehead atoms. The van der Waals surface area contributed by atoms with Crippen molar-refractivity contribution in [2.24, 2.45) is 0 Å². The van der Waals surface area contributed by atoms with E-state index in [1.54, 1.807) is 0 Å². The van der Waals surface area contributed by atoms with Crippen LogP contribution in [-0.2, 0) is 0 Å². The van der Waals surface area contributed by atoms with Crippen molar-refractivity contribution in [1.29, 1.82) is 0 Å². The second-order valence-corrected chi connectivity index (χ2v) is 6.00. The lowest BCUT2D eigenvalue weighted by Gasteiger charge is -2.39. The van der Waals surface area contributed by atoms with E-state index in [1.807, 2.05) is 0 Å². The van der Waals surface area contributed by atoms with E-state index in [4.69, 9.17) is 0 Å². The Morgan fingerprint density at radius 3 is 2.47 bits per heavy atom. The van der Waals surface area contributed by atoms with Gasteiger partial charge in [0.25, 0.3) is 0 Å². The molecule has 0 saturated carbocycles. The fourth-order valence-corrected chi connectivity index (χ4v) is 3.24. The maximum Gasteiger partial charge on any atom is 0.0306 e. The van der Waals surface area contributed by atoms with E-state index < -0.39 is 0 Å². The van der Waals surface area contributed by atoms with Gasteiger partial charge in [-0.15, -0.1) is 0 Å². The molecule has 2 aliphatic rings. The Kier molecular flexibility index (Phi) is 3.09. The minimum absolute atomic E-state index is 0.432.